The maximum atomic E-state index is 13.9. The molecule has 5 heteroatoms. The third kappa shape index (κ3) is 2.52. The van der Waals surface area contributed by atoms with Gasteiger partial charge in [0, 0.05) is 10.9 Å². The van der Waals surface area contributed by atoms with Crippen LogP contribution in [-0.2, 0) is 4.79 Å². The maximum absolute atomic E-state index is 13.9. The summed E-state index contributed by atoms with van der Waals surface area (Å²) in [4.78, 5) is 11.6. The average Bonchev–Trinajstić information content (AvgIpc) is 2.91. The molecule has 0 amide bonds. The van der Waals surface area contributed by atoms with Crippen molar-refractivity contribution < 1.29 is 13.7 Å². The molecule has 3 nitrogen and oxygen atoms in total. The van der Waals surface area contributed by atoms with Gasteiger partial charge in [-0.3, -0.25) is 4.79 Å². The van der Waals surface area contributed by atoms with E-state index in [1.54, 1.807) is 24.3 Å². The Hall–Kier alpha value is -2.14. The normalized spacial score (nSPS) is 12.5. The molecule has 0 bridgehead atoms. The van der Waals surface area contributed by atoms with Gasteiger partial charge in [-0.25, -0.2) is 4.39 Å². The number of benzene rings is 2. The first kappa shape index (κ1) is 14.8. The molecule has 0 N–H and O–H groups in total. The molecule has 1 atom stereocenters. The van der Waals surface area contributed by atoms with Gasteiger partial charge in [0.15, 0.2) is 10.7 Å². The summed E-state index contributed by atoms with van der Waals surface area (Å²) in [5.74, 6) is -0.631. The van der Waals surface area contributed by atoms with E-state index in [-0.39, 0.29) is 16.9 Å². The number of hydrogen-bond acceptors (Lipinski definition) is 3. The van der Waals surface area contributed by atoms with E-state index in [2.05, 4.69) is 17.8 Å². The van der Waals surface area contributed by atoms with Gasteiger partial charge in [-0.05, 0) is 36.2 Å². The minimum Gasteiger partial charge on any atom is -0.356 e. The number of fused-ring (bicyclic) bond motifs is 1. The summed E-state index contributed by atoms with van der Waals surface area (Å²) in [5, 5.41) is 4.51. The maximum Gasteiger partial charge on any atom is 0.193 e. The van der Waals surface area contributed by atoms with E-state index in [9.17, 15) is 9.18 Å². The largest absolute Gasteiger partial charge is 0.356 e. The van der Waals surface area contributed by atoms with E-state index in [4.69, 9.17) is 4.52 Å². The van der Waals surface area contributed by atoms with E-state index in [1.807, 2.05) is 19.1 Å². The van der Waals surface area contributed by atoms with Gasteiger partial charge >= 0.3 is 0 Å². The van der Waals surface area contributed by atoms with Crippen molar-refractivity contribution in [3.8, 4) is 11.3 Å². The molecule has 3 aromatic rings. The topological polar surface area (TPSA) is 43.1 Å². The summed E-state index contributed by atoms with van der Waals surface area (Å²) in [6.45, 7) is 1.92. The van der Waals surface area contributed by atoms with Crippen LogP contribution in [0.1, 0.15) is 24.8 Å². The Morgan fingerprint density at radius 3 is 2.77 bits per heavy atom. The molecule has 0 aliphatic heterocycles. The highest BCUT2D eigenvalue weighted by Crippen LogP contribution is 2.32. The van der Waals surface area contributed by atoms with Crippen LogP contribution in [0.25, 0.3) is 22.2 Å². The van der Waals surface area contributed by atoms with Gasteiger partial charge in [0.1, 0.15) is 11.5 Å². The van der Waals surface area contributed by atoms with Crippen molar-refractivity contribution in [3.63, 3.8) is 0 Å². The third-order valence-corrected chi connectivity index (χ3v) is 4.05. The smallest absolute Gasteiger partial charge is 0.193 e. The Kier molecular flexibility index (Phi) is 3.98. The first-order chi connectivity index (χ1) is 10.6. The second-order valence-electron chi connectivity index (χ2n) is 5.07. The summed E-state index contributed by atoms with van der Waals surface area (Å²) >= 11 is 3.92. The van der Waals surface area contributed by atoms with Gasteiger partial charge in [-0.15, -0.1) is 12.6 Å². The fraction of sp³-hybridized carbons (Fsp3) is 0.176. The van der Waals surface area contributed by atoms with Gasteiger partial charge in [-0.1, -0.05) is 30.3 Å². The molecule has 1 aromatic heterocycles. The Morgan fingerprint density at radius 1 is 1.32 bits per heavy atom. The summed E-state index contributed by atoms with van der Waals surface area (Å²) in [6.07, 6.45) is 0.655. The zero-order chi connectivity index (χ0) is 15.7. The number of carbonyl (C=O) groups is 1. The van der Waals surface area contributed by atoms with E-state index in [0.717, 1.165) is 10.9 Å². The van der Waals surface area contributed by atoms with Gasteiger partial charge in [0.25, 0.3) is 0 Å². The van der Waals surface area contributed by atoms with E-state index in [0.29, 0.717) is 23.3 Å². The number of carbonyl (C=O) groups excluding carboxylic acids is 1. The Balaban J connectivity index is 2.11. The van der Waals surface area contributed by atoms with Crippen LogP contribution in [0, 0.1) is 5.82 Å². The highest BCUT2D eigenvalue weighted by atomic mass is 32.1. The number of thiol groups is 1. The Morgan fingerprint density at radius 2 is 2.09 bits per heavy atom. The average molecular weight is 315 g/mol. The zero-order valence-electron chi connectivity index (χ0n) is 11.9. The van der Waals surface area contributed by atoms with E-state index < -0.39 is 0 Å². The standard InChI is InChI=1S/C17H14FNO2S/c1-2-11(17(20)22)10-7-8-13-15(9-10)21-19-16(13)12-5-3-4-6-14(12)18/h3-9,11H,2H2,1H3,(H,20,22). The second-order valence-corrected chi connectivity index (χ2v) is 5.51. The zero-order valence-corrected chi connectivity index (χ0v) is 12.8. The molecule has 112 valence electrons. The monoisotopic (exact) mass is 315 g/mol. The van der Waals surface area contributed by atoms with Crippen LogP contribution >= 0.6 is 12.6 Å². The van der Waals surface area contributed by atoms with E-state index >= 15 is 0 Å². The van der Waals surface area contributed by atoms with Crippen molar-refractivity contribution in [2.75, 3.05) is 0 Å². The predicted octanol–water partition coefficient (Wildman–Crippen LogP) is 4.58. The van der Waals surface area contributed by atoms with Crippen molar-refractivity contribution in [1.29, 1.82) is 0 Å². The highest BCUT2D eigenvalue weighted by Gasteiger charge is 2.19. The van der Waals surface area contributed by atoms with Crippen molar-refractivity contribution in [2.45, 2.75) is 19.3 Å². The van der Waals surface area contributed by atoms with Crippen LogP contribution in [0.5, 0.6) is 0 Å². The Bertz CT molecular complexity index is 844. The lowest BCUT2D eigenvalue weighted by molar-refractivity contribution is -0.112. The van der Waals surface area contributed by atoms with Gasteiger partial charge in [0.05, 0.1) is 5.92 Å². The van der Waals surface area contributed by atoms with Crippen molar-refractivity contribution >= 4 is 28.7 Å². The fourth-order valence-corrected chi connectivity index (χ4v) is 2.90. The lowest BCUT2D eigenvalue weighted by atomic mass is 9.96. The molecular weight excluding hydrogens is 301 g/mol. The number of nitrogens with zero attached hydrogens (tertiary/aromatic N) is 1. The van der Waals surface area contributed by atoms with E-state index in [1.165, 1.54) is 6.07 Å². The quantitative estimate of drug-likeness (QED) is 0.716. The molecule has 0 aliphatic rings. The lowest BCUT2D eigenvalue weighted by Gasteiger charge is -2.10. The lowest BCUT2D eigenvalue weighted by Crippen LogP contribution is -2.05. The molecule has 22 heavy (non-hydrogen) atoms. The van der Waals surface area contributed by atoms with Gasteiger partial charge < -0.3 is 4.52 Å². The van der Waals surface area contributed by atoms with Crippen LogP contribution in [0.4, 0.5) is 4.39 Å². The number of halogens is 1. The molecule has 3 rings (SSSR count). The SMILES string of the molecule is CCC(C(=O)S)c1ccc2c(-c3ccccc3F)noc2c1. The Labute approximate surface area is 132 Å². The number of hydrogen-bond donors (Lipinski definition) is 1. The molecule has 1 heterocycles. The van der Waals surface area contributed by atoms with Crippen LogP contribution in [0.2, 0.25) is 0 Å². The minimum atomic E-state index is -0.348. The van der Waals surface area contributed by atoms with Crippen LogP contribution < -0.4 is 0 Å². The number of rotatable bonds is 4. The molecule has 0 aliphatic carbocycles. The van der Waals surface area contributed by atoms with Crippen molar-refractivity contribution in [2.24, 2.45) is 0 Å². The van der Waals surface area contributed by atoms with Gasteiger partial charge in [-0.2, -0.15) is 0 Å². The summed E-state index contributed by atoms with van der Waals surface area (Å²) < 4.78 is 19.2. The molecular formula is C17H14FNO2S. The van der Waals surface area contributed by atoms with Crippen molar-refractivity contribution in [1.82, 2.24) is 5.16 Å². The highest BCUT2D eigenvalue weighted by molar-refractivity contribution is 7.96. The molecule has 0 saturated carbocycles. The van der Waals surface area contributed by atoms with Gasteiger partial charge in [0.2, 0.25) is 0 Å². The molecule has 0 fully saturated rings. The summed E-state index contributed by atoms with van der Waals surface area (Å²) in [6, 6.07) is 11.8. The van der Waals surface area contributed by atoms with Crippen molar-refractivity contribution in [3.05, 3.63) is 53.8 Å². The summed E-state index contributed by atoms with van der Waals surface area (Å²) in [7, 11) is 0. The summed E-state index contributed by atoms with van der Waals surface area (Å²) in [5.41, 5.74) is 2.21. The molecule has 2 aromatic carbocycles. The second kappa shape index (κ2) is 5.93. The predicted molar refractivity (Wildman–Crippen MR) is 86.4 cm³/mol. The number of aromatic nitrogens is 1. The van der Waals surface area contributed by atoms with Crippen LogP contribution in [0.15, 0.2) is 47.0 Å². The first-order valence-corrected chi connectivity index (χ1v) is 7.43. The molecule has 0 saturated heterocycles. The molecule has 0 spiro atoms. The molecule has 1 unspecified atom stereocenters. The third-order valence-electron chi connectivity index (χ3n) is 3.73. The fourth-order valence-electron chi connectivity index (χ4n) is 2.57. The minimum absolute atomic E-state index is 0.185. The first-order valence-electron chi connectivity index (χ1n) is 6.99. The van der Waals surface area contributed by atoms with Crippen LogP contribution in [-0.4, -0.2) is 10.3 Å². The van der Waals surface area contributed by atoms with Crippen LogP contribution in [0.3, 0.4) is 0 Å². The molecule has 0 radical (unpaired) electrons.